The minimum Gasteiger partial charge on any atom is -0.338 e. The van der Waals surface area contributed by atoms with Crippen LogP contribution in [0.25, 0.3) is 0 Å². The first-order valence-electron chi connectivity index (χ1n) is 5.33. The van der Waals surface area contributed by atoms with Crippen LogP contribution in [0.2, 0.25) is 0 Å². The molecule has 1 fully saturated rings. The fraction of sp³-hybridized carbons (Fsp3) is 0.800. The third-order valence-corrected chi connectivity index (χ3v) is 2.99. The zero-order chi connectivity index (χ0) is 9.97. The number of hydrogen-bond donors (Lipinski definition) is 1. The van der Waals surface area contributed by atoms with Gasteiger partial charge in [0.25, 0.3) is 0 Å². The second kappa shape index (κ2) is 4.09. The first-order valence-corrected chi connectivity index (χ1v) is 5.33. The molecular formula is C10H17N3O. The van der Waals surface area contributed by atoms with Crippen molar-refractivity contribution in [2.24, 2.45) is 11.7 Å². The predicted molar refractivity (Wildman–Crippen MR) is 52.5 cm³/mol. The van der Waals surface area contributed by atoms with Crippen LogP contribution in [-0.4, -0.2) is 10.1 Å². The molecule has 1 heterocycles. The lowest BCUT2D eigenvalue weighted by Gasteiger charge is -2.24. The van der Waals surface area contributed by atoms with Gasteiger partial charge < -0.3 is 10.3 Å². The van der Waals surface area contributed by atoms with Crippen LogP contribution < -0.4 is 5.73 Å². The topological polar surface area (TPSA) is 64.9 Å². The Morgan fingerprint density at radius 2 is 2.07 bits per heavy atom. The van der Waals surface area contributed by atoms with Gasteiger partial charge in [-0.05, 0) is 25.7 Å². The zero-order valence-corrected chi connectivity index (χ0v) is 8.57. The van der Waals surface area contributed by atoms with Gasteiger partial charge in [0.15, 0.2) is 5.82 Å². The van der Waals surface area contributed by atoms with Crippen LogP contribution in [0.15, 0.2) is 4.52 Å². The molecule has 14 heavy (non-hydrogen) atoms. The van der Waals surface area contributed by atoms with Crippen LogP contribution in [0.3, 0.4) is 0 Å². The van der Waals surface area contributed by atoms with Gasteiger partial charge in [-0.3, -0.25) is 0 Å². The monoisotopic (exact) mass is 195 g/mol. The SMILES string of the molecule is Cc1noc(C(N)C2CCCCC2)n1. The molecule has 0 bridgehead atoms. The third-order valence-electron chi connectivity index (χ3n) is 2.99. The van der Waals surface area contributed by atoms with Gasteiger partial charge in [-0.25, -0.2) is 0 Å². The molecule has 4 heteroatoms. The molecule has 1 atom stereocenters. The summed E-state index contributed by atoms with van der Waals surface area (Å²) in [4.78, 5) is 4.18. The first-order chi connectivity index (χ1) is 6.77. The Bertz CT molecular complexity index is 291. The fourth-order valence-electron chi connectivity index (χ4n) is 2.14. The smallest absolute Gasteiger partial charge is 0.243 e. The van der Waals surface area contributed by atoms with Crippen molar-refractivity contribution in [3.05, 3.63) is 11.7 Å². The van der Waals surface area contributed by atoms with Crippen molar-refractivity contribution >= 4 is 0 Å². The van der Waals surface area contributed by atoms with Crippen molar-refractivity contribution < 1.29 is 4.52 Å². The number of rotatable bonds is 2. The highest BCUT2D eigenvalue weighted by molar-refractivity contribution is 4.93. The normalized spacial score (nSPS) is 21.0. The lowest BCUT2D eigenvalue weighted by atomic mass is 9.84. The van der Waals surface area contributed by atoms with E-state index >= 15 is 0 Å². The zero-order valence-electron chi connectivity index (χ0n) is 8.57. The van der Waals surface area contributed by atoms with Gasteiger partial charge >= 0.3 is 0 Å². The molecule has 2 rings (SSSR count). The summed E-state index contributed by atoms with van der Waals surface area (Å²) in [5, 5.41) is 3.77. The van der Waals surface area contributed by atoms with Crippen molar-refractivity contribution in [2.45, 2.75) is 45.1 Å². The second-order valence-corrected chi connectivity index (χ2v) is 4.10. The molecule has 4 nitrogen and oxygen atoms in total. The highest BCUT2D eigenvalue weighted by Crippen LogP contribution is 2.31. The standard InChI is InChI=1S/C10H17N3O/c1-7-12-10(14-13-7)9(11)8-5-3-2-4-6-8/h8-9H,2-6,11H2,1H3. The van der Waals surface area contributed by atoms with E-state index < -0.39 is 0 Å². The van der Waals surface area contributed by atoms with Crippen LogP contribution in [0.5, 0.6) is 0 Å². The molecule has 1 aromatic rings. The molecule has 78 valence electrons. The molecule has 1 aliphatic carbocycles. The molecule has 0 amide bonds. The van der Waals surface area contributed by atoms with Gasteiger partial charge in [0.05, 0.1) is 6.04 Å². The molecular weight excluding hydrogens is 178 g/mol. The number of nitrogens with two attached hydrogens (primary N) is 1. The van der Waals surface area contributed by atoms with E-state index in [1.54, 1.807) is 0 Å². The van der Waals surface area contributed by atoms with Gasteiger partial charge in [0.2, 0.25) is 5.89 Å². The van der Waals surface area contributed by atoms with Crippen molar-refractivity contribution in [3.63, 3.8) is 0 Å². The van der Waals surface area contributed by atoms with Gasteiger partial charge in [-0.15, -0.1) is 0 Å². The Labute approximate surface area is 83.9 Å². The van der Waals surface area contributed by atoms with Crippen LogP contribution in [-0.2, 0) is 0 Å². The summed E-state index contributed by atoms with van der Waals surface area (Å²) >= 11 is 0. The molecule has 1 aromatic heterocycles. The molecule has 1 saturated carbocycles. The van der Waals surface area contributed by atoms with E-state index in [1.165, 1.54) is 32.1 Å². The van der Waals surface area contributed by atoms with E-state index in [0.29, 0.717) is 17.6 Å². The Morgan fingerprint density at radius 1 is 1.36 bits per heavy atom. The Kier molecular flexibility index (Phi) is 2.82. The Balaban J connectivity index is 2.03. The van der Waals surface area contributed by atoms with E-state index in [2.05, 4.69) is 10.1 Å². The summed E-state index contributed by atoms with van der Waals surface area (Å²) < 4.78 is 5.09. The largest absolute Gasteiger partial charge is 0.338 e. The van der Waals surface area contributed by atoms with Crippen LogP contribution in [0.4, 0.5) is 0 Å². The molecule has 0 radical (unpaired) electrons. The highest BCUT2D eigenvalue weighted by Gasteiger charge is 2.25. The fourth-order valence-corrected chi connectivity index (χ4v) is 2.14. The summed E-state index contributed by atoms with van der Waals surface area (Å²) in [6.07, 6.45) is 6.30. The summed E-state index contributed by atoms with van der Waals surface area (Å²) in [5.41, 5.74) is 6.09. The minimum atomic E-state index is -0.0588. The summed E-state index contributed by atoms with van der Waals surface area (Å²) in [6, 6.07) is -0.0588. The first kappa shape index (κ1) is 9.65. The predicted octanol–water partition coefficient (Wildman–Crippen LogP) is 1.96. The number of hydrogen-bond acceptors (Lipinski definition) is 4. The van der Waals surface area contributed by atoms with Crippen LogP contribution in [0.1, 0.15) is 49.9 Å². The van der Waals surface area contributed by atoms with E-state index in [9.17, 15) is 0 Å². The maximum Gasteiger partial charge on any atom is 0.243 e. The Morgan fingerprint density at radius 3 is 2.64 bits per heavy atom. The van der Waals surface area contributed by atoms with Crippen molar-refractivity contribution in [1.82, 2.24) is 10.1 Å². The lowest BCUT2D eigenvalue weighted by Crippen LogP contribution is -2.23. The molecule has 0 saturated heterocycles. The van der Waals surface area contributed by atoms with Gasteiger partial charge in [-0.2, -0.15) is 4.98 Å². The molecule has 0 aromatic carbocycles. The van der Waals surface area contributed by atoms with Crippen molar-refractivity contribution in [2.75, 3.05) is 0 Å². The molecule has 1 aliphatic rings. The van der Waals surface area contributed by atoms with E-state index in [-0.39, 0.29) is 6.04 Å². The second-order valence-electron chi connectivity index (χ2n) is 4.10. The quantitative estimate of drug-likeness (QED) is 0.783. The summed E-state index contributed by atoms with van der Waals surface area (Å²) in [5.74, 6) is 1.81. The summed E-state index contributed by atoms with van der Waals surface area (Å²) in [7, 11) is 0. The minimum absolute atomic E-state index is 0.0588. The number of aryl methyl sites for hydroxylation is 1. The van der Waals surface area contributed by atoms with Crippen LogP contribution in [0, 0.1) is 12.8 Å². The molecule has 0 spiro atoms. The van der Waals surface area contributed by atoms with Gasteiger partial charge in [0.1, 0.15) is 0 Å². The van der Waals surface area contributed by atoms with E-state index in [1.807, 2.05) is 6.92 Å². The van der Waals surface area contributed by atoms with Crippen molar-refractivity contribution in [3.8, 4) is 0 Å². The van der Waals surface area contributed by atoms with Gasteiger partial charge in [0, 0.05) is 0 Å². The van der Waals surface area contributed by atoms with E-state index in [4.69, 9.17) is 10.3 Å². The molecule has 0 aliphatic heterocycles. The van der Waals surface area contributed by atoms with E-state index in [0.717, 1.165) is 0 Å². The maximum absolute atomic E-state index is 6.09. The highest BCUT2D eigenvalue weighted by atomic mass is 16.5. The average Bonchev–Trinajstić information content (AvgIpc) is 2.65. The van der Waals surface area contributed by atoms with Gasteiger partial charge in [-0.1, -0.05) is 24.4 Å². The lowest BCUT2D eigenvalue weighted by molar-refractivity contribution is 0.255. The maximum atomic E-state index is 6.09. The number of aromatic nitrogens is 2. The molecule has 2 N–H and O–H groups in total. The third kappa shape index (κ3) is 1.95. The average molecular weight is 195 g/mol. The Hall–Kier alpha value is -0.900. The van der Waals surface area contributed by atoms with Crippen molar-refractivity contribution in [1.29, 1.82) is 0 Å². The molecule has 1 unspecified atom stereocenters. The summed E-state index contributed by atoms with van der Waals surface area (Å²) in [6.45, 7) is 1.82. The number of nitrogens with zero attached hydrogens (tertiary/aromatic N) is 2. The van der Waals surface area contributed by atoms with Crippen LogP contribution >= 0.6 is 0 Å².